The molecule has 0 amide bonds. The molecule has 1 aliphatic carbocycles. The summed E-state index contributed by atoms with van der Waals surface area (Å²) in [6, 6.07) is 11.1. The Morgan fingerprint density at radius 1 is 1.31 bits per heavy atom. The van der Waals surface area contributed by atoms with Crippen LogP contribution in [0.15, 0.2) is 30.3 Å². The van der Waals surface area contributed by atoms with Crippen LogP contribution in [0.5, 0.6) is 0 Å². The topological polar surface area (TPSA) is 44.3 Å². The fraction of sp³-hybridized carbons (Fsp3) is 0.538. The average molecular weight is 218 g/mol. The molecule has 3 rings (SSSR count). The smallest absolute Gasteiger partial charge is 0.120 e. The third kappa shape index (κ3) is 2.12. The molecule has 0 radical (unpaired) electrons. The van der Waals surface area contributed by atoms with Gasteiger partial charge >= 0.3 is 0 Å². The van der Waals surface area contributed by atoms with Crippen molar-refractivity contribution in [1.82, 2.24) is 10.6 Å². The van der Waals surface area contributed by atoms with Crippen molar-refractivity contribution in [3.8, 4) is 0 Å². The Bertz CT molecular complexity index is 344. The highest BCUT2D eigenvalue weighted by atomic mass is 16.3. The highest BCUT2D eigenvalue weighted by Gasteiger charge is 2.47. The first kappa shape index (κ1) is 10.3. The number of hydrogen-bond acceptors (Lipinski definition) is 3. The van der Waals surface area contributed by atoms with Crippen LogP contribution in [0, 0.1) is 5.92 Å². The second-order valence-corrected chi connectivity index (χ2v) is 4.92. The quantitative estimate of drug-likeness (QED) is 0.656. The lowest BCUT2D eigenvalue weighted by Crippen LogP contribution is -2.45. The van der Waals surface area contributed by atoms with Gasteiger partial charge in [0.25, 0.3) is 0 Å². The molecule has 2 fully saturated rings. The number of nitrogens with one attached hydrogen (secondary N) is 2. The molecule has 3 heteroatoms. The van der Waals surface area contributed by atoms with Gasteiger partial charge in [-0.15, -0.1) is 0 Å². The summed E-state index contributed by atoms with van der Waals surface area (Å²) in [6.45, 7) is 0.732. The van der Waals surface area contributed by atoms with Crippen molar-refractivity contribution in [2.45, 2.75) is 37.7 Å². The van der Waals surface area contributed by atoms with Gasteiger partial charge in [0, 0.05) is 18.6 Å². The number of piperidine rings is 1. The Morgan fingerprint density at radius 3 is 2.81 bits per heavy atom. The molecule has 0 aromatic heterocycles. The van der Waals surface area contributed by atoms with E-state index in [1.807, 2.05) is 18.2 Å². The van der Waals surface area contributed by atoms with Crippen LogP contribution in [-0.4, -0.2) is 23.4 Å². The van der Waals surface area contributed by atoms with Gasteiger partial charge < -0.3 is 10.4 Å². The zero-order valence-electron chi connectivity index (χ0n) is 9.26. The highest BCUT2D eigenvalue weighted by molar-refractivity contribution is 5.14. The van der Waals surface area contributed by atoms with E-state index in [9.17, 15) is 5.11 Å². The lowest BCUT2D eigenvalue weighted by Gasteiger charge is -2.21. The van der Waals surface area contributed by atoms with Crippen molar-refractivity contribution >= 4 is 0 Å². The number of aliphatic hydroxyl groups excluding tert-OH is 1. The van der Waals surface area contributed by atoms with E-state index in [0.29, 0.717) is 6.04 Å². The average Bonchev–Trinajstić information content (AvgIpc) is 2.94. The van der Waals surface area contributed by atoms with Crippen LogP contribution in [0.2, 0.25) is 0 Å². The van der Waals surface area contributed by atoms with Gasteiger partial charge in [-0.05, 0) is 24.3 Å². The van der Waals surface area contributed by atoms with Crippen LogP contribution in [0.4, 0.5) is 0 Å². The molecule has 16 heavy (non-hydrogen) atoms. The number of hydrogen-bond donors (Lipinski definition) is 3. The van der Waals surface area contributed by atoms with Crippen LogP contribution >= 0.6 is 0 Å². The summed E-state index contributed by atoms with van der Waals surface area (Å²) in [5, 5.41) is 16.6. The Balaban J connectivity index is 1.48. The molecule has 3 nitrogen and oxygen atoms in total. The first-order valence-corrected chi connectivity index (χ1v) is 6.04. The molecular weight excluding hydrogens is 200 g/mol. The molecule has 1 aliphatic heterocycles. The largest absolute Gasteiger partial charge is 0.377 e. The summed E-state index contributed by atoms with van der Waals surface area (Å²) in [6.07, 6.45) is 2.00. The van der Waals surface area contributed by atoms with Crippen molar-refractivity contribution in [2.75, 3.05) is 0 Å². The van der Waals surface area contributed by atoms with Crippen LogP contribution in [0.1, 0.15) is 18.4 Å². The highest BCUT2D eigenvalue weighted by Crippen LogP contribution is 2.41. The molecule has 1 saturated heterocycles. The maximum absolute atomic E-state index is 9.97. The van der Waals surface area contributed by atoms with E-state index in [1.165, 1.54) is 12.0 Å². The second-order valence-electron chi connectivity index (χ2n) is 4.92. The van der Waals surface area contributed by atoms with Crippen molar-refractivity contribution in [3.63, 3.8) is 0 Å². The number of fused-ring (bicyclic) bond motifs is 1. The van der Waals surface area contributed by atoms with Crippen molar-refractivity contribution in [1.29, 1.82) is 0 Å². The summed E-state index contributed by atoms with van der Waals surface area (Å²) in [5.74, 6) is 0.832. The van der Waals surface area contributed by atoms with Crippen LogP contribution < -0.4 is 10.6 Å². The number of rotatable bonds is 4. The van der Waals surface area contributed by atoms with Gasteiger partial charge in [-0.1, -0.05) is 30.3 Å². The minimum Gasteiger partial charge on any atom is -0.377 e. The Labute approximate surface area is 95.9 Å². The van der Waals surface area contributed by atoms with Gasteiger partial charge in [0.05, 0.1) is 0 Å². The van der Waals surface area contributed by atoms with E-state index >= 15 is 0 Å². The zero-order chi connectivity index (χ0) is 11.0. The summed E-state index contributed by atoms with van der Waals surface area (Å²) in [5.41, 5.74) is 1.21. The van der Waals surface area contributed by atoms with E-state index in [4.69, 9.17) is 0 Å². The molecule has 1 saturated carbocycles. The monoisotopic (exact) mass is 218 g/mol. The van der Waals surface area contributed by atoms with E-state index in [0.717, 1.165) is 18.9 Å². The second kappa shape index (κ2) is 4.17. The third-order valence-electron chi connectivity index (χ3n) is 3.65. The van der Waals surface area contributed by atoms with Crippen molar-refractivity contribution in [2.24, 2.45) is 5.92 Å². The molecule has 2 aliphatic rings. The maximum Gasteiger partial charge on any atom is 0.120 e. The van der Waals surface area contributed by atoms with Gasteiger partial charge in [0.2, 0.25) is 0 Å². The van der Waals surface area contributed by atoms with Crippen LogP contribution in [-0.2, 0) is 6.54 Å². The van der Waals surface area contributed by atoms with Crippen molar-refractivity contribution in [3.05, 3.63) is 35.9 Å². The molecule has 1 unspecified atom stereocenters. The van der Waals surface area contributed by atoms with Crippen LogP contribution in [0.3, 0.4) is 0 Å². The Morgan fingerprint density at radius 2 is 2.12 bits per heavy atom. The number of aliphatic hydroxyl groups is 1. The normalized spacial score (nSPS) is 33.4. The standard InChI is InChI=1S/C13H18N2O/c16-13(12-7-10-6-11(10)15-12)14-8-9-4-2-1-3-5-9/h1-5,10-16H,6-8H2/t10-,11-,12+,13?/m1/s1. The predicted molar refractivity (Wildman–Crippen MR) is 62.7 cm³/mol. The Kier molecular flexibility index (Phi) is 2.67. The fourth-order valence-electron chi connectivity index (χ4n) is 2.56. The zero-order valence-corrected chi connectivity index (χ0v) is 9.26. The van der Waals surface area contributed by atoms with Gasteiger partial charge in [-0.3, -0.25) is 5.32 Å². The van der Waals surface area contributed by atoms with Gasteiger partial charge in [0.1, 0.15) is 6.23 Å². The molecule has 0 bridgehead atoms. The molecule has 3 N–H and O–H groups in total. The molecule has 1 aromatic carbocycles. The van der Waals surface area contributed by atoms with Gasteiger partial charge in [-0.25, -0.2) is 0 Å². The minimum atomic E-state index is -0.423. The van der Waals surface area contributed by atoms with E-state index in [-0.39, 0.29) is 6.04 Å². The Hall–Kier alpha value is -0.900. The first-order chi connectivity index (χ1) is 7.83. The summed E-state index contributed by atoms with van der Waals surface area (Å²) in [7, 11) is 0. The molecule has 1 heterocycles. The fourth-order valence-corrected chi connectivity index (χ4v) is 2.56. The minimum absolute atomic E-state index is 0.243. The van der Waals surface area contributed by atoms with E-state index in [1.54, 1.807) is 0 Å². The molecule has 1 aromatic rings. The SMILES string of the molecule is OC(NCc1ccccc1)[C@@H]1C[C@H]2C[C@H]2N1. The summed E-state index contributed by atoms with van der Waals surface area (Å²) < 4.78 is 0. The van der Waals surface area contributed by atoms with Crippen LogP contribution in [0.25, 0.3) is 0 Å². The van der Waals surface area contributed by atoms with Gasteiger partial charge in [0.15, 0.2) is 0 Å². The molecule has 4 atom stereocenters. The summed E-state index contributed by atoms with van der Waals surface area (Å²) >= 11 is 0. The predicted octanol–water partition coefficient (Wildman–Crippen LogP) is 0.845. The lowest BCUT2D eigenvalue weighted by atomic mass is 10.1. The van der Waals surface area contributed by atoms with E-state index in [2.05, 4.69) is 22.8 Å². The third-order valence-corrected chi connectivity index (χ3v) is 3.65. The summed E-state index contributed by atoms with van der Waals surface area (Å²) in [4.78, 5) is 0. The lowest BCUT2D eigenvalue weighted by molar-refractivity contribution is 0.0943. The number of benzene rings is 1. The van der Waals surface area contributed by atoms with Crippen molar-refractivity contribution < 1.29 is 5.11 Å². The molecule has 0 spiro atoms. The molecular formula is C13H18N2O. The first-order valence-electron chi connectivity index (χ1n) is 6.04. The maximum atomic E-state index is 9.97. The van der Waals surface area contributed by atoms with E-state index < -0.39 is 6.23 Å². The van der Waals surface area contributed by atoms with Gasteiger partial charge in [-0.2, -0.15) is 0 Å². The molecule has 86 valence electrons.